The standard InChI is InChI=1S/C28H23Cl3N4O2/c29-16-21-22(30)11-12-23(26(21)31)35-15-3-5-24(35)27(32)25(36)13-8-18-6-9-19(10-7-18)28(37)34-17-20-4-1-2-14-33-20/h1-15,27H,16-17,32H2,(H,34,37)/b13-8+. The molecule has 0 spiro atoms. The second-order valence-electron chi connectivity index (χ2n) is 8.13. The van der Waals surface area contributed by atoms with Gasteiger partial charge in [0.1, 0.15) is 6.04 Å². The average Bonchev–Trinajstić information content (AvgIpc) is 3.40. The number of carbonyl (C=O) groups excluding carboxylic acids is 2. The zero-order chi connectivity index (χ0) is 26.4. The number of rotatable bonds is 9. The van der Waals surface area contributed by atoms with E-state index in [-0.39, 0.29) is 17.6 Å². The Balaban J connectivity index is 1.43. The summed E-state index contributed by atoms with van der Waals surface area (Å²) < 4.78 is 1.75. The number of benzene rings is 2. The average molecular weight is 554 g/mol. The van der Waals surface area contributed by atoms with E-state index in [0.29, 0.717) is 39.1 Å². The number of amides is 1. The molecule has 0 fully saturated rings. The first-order valence-electron chi connectivity index (χ1n) is 11.3. The van der Waals surface area contributed by atoms with E-state index in [1.807, 2.05) is 18.2 Å². The van der Waals surface area contributed by atoms with Gasteiger partial charge in [-0.25, -0.2) is 0 Å². The van der Waals surface area contributed by atoms with Crippen molar-refractivity contribution in [2.75, 3.05) is 0 Å². The van der Waals surface area contributed by atoms with Crippen molar-refractivity contribution in [1.82, 2.24) is 14.9 Å². The van der Waals surface area contributed by atoms with Crippen molar-refractivity contribution in [3.05, 3.63) is 123 Å². The van der Waals surface area contributed by atoms with E-state index < -0.39 is 6.04 Å². The molecule has 1 atom stereocenters. The van der Waals surface area contributed by atoms with Gasteiger partial charge in [0.05, 0.1) is 28.8 Å². The minimum absolute atomic E-state index is 0.153. The number of halogens is 3. The molecule has 2 heterocycles. The van der Waals surface area contributed by atoms with Gasteiger partial charge in [0, 0.05) is 34.2 Å². The Morgan fingerprint density at radius 1 is 1.03 bits per heavy atom. The molecule has 1 amide bonds. The van der Waals surface area contributed by atoms with Crippen LogP contribution in [0.4, 0.5) is 0 Å². The fraction of sp³-hybridized carbons (Fsp3) is 0.107. The molecule has 9 heteroatoms. The number of aromatic nitrogens is 2. The molecule has 0 aliphatic rings. The van der Waals surface area contributed by atoms with Crippen LogP contribution in [0.15, 0.2) is 85.2 Å². The van der Waals surface area contributed by atoms with Gasteiger partial charge in [-0.05, 0) is 60.2 Å². The summed E-state index contributed by atoms with van der Waals surface area (Å²) in [7, 11) is 0. The fourth-order valence-corrected chi connectivity index (χ4v) is 4.72. The van der Waals surface area contributed by atoms with Crippen molar-refractivity contribution in [3.8, 4) is 5.69 Å². The summed E-state index contributed by atoms with van der Waals surface area (Å²) in [5, 5.41) is 3.70. The van der Waals surface area contributed by atoms with E-state index in [1.54, 1.807) is 71.6 Å². The molecule has 0 saturated carbocycles. The molecule has 0 bridgehead atoms. The number of carbonyl (C=O) groups is 2. The molecule has 4 aromatic rings. The molecule has 6 nitrogen and oxygen atoms in total. The minimum atomic E-state index is -0.922. The van der Waals surface area contributed by atoms with Crippen LogP contribution >= 0.6 is 34.8 Å². The SMILES string of the molecule is NC(C(=O)/C=C/c1ccc(C(=O)NCc2ccccn2)cc1)c1cccn1-c1ccc(Cl)c(CCl)c1Cl. The van der Waals surface area contributed by atoms with Gasteiger partial charge in [-0.2, -0.15) is 0 Å². The van der Waals surface area contributed by atoms with Crippen LogP contribution in [0.2, 0.25) is 10.0 Å². The maximum Gasteiger partial charge on any atom is 0.251 e. The molecule has 0 saturated heterocycles. The van der Waals surface area contributed by atoms with Crippen LogP contribution in [-0.2, 0) is 17.2 Å². The Labute approximate surface area is 229 Å². The molecule has 0 aliphatic carbocycles. The lowest BCUT2D eigenvalue weighted by atomic mass is 10.1. The fourth-order valence-electron chi connectivity index (χ4n) is 3.71. The summed E-state index contributed by atoms with van der Waals surface area (Å²) in [6.45, 7) is 0.337. The molecule has 0 aliphatic heterocycles. The Hall–Kier alpha value is -3.42. The summed E-state index contributed by atoms with van der Waals surface area (Å²) in [6.07, 6.45) is 6.53. The highest BCUT2D eigenvalue weighted by molar-refractivity contribution is 6.38. The van der Waals surface area contributed by atoms with Crippen LogP contribution in [0.3, 0.4) is 0 Å². The van der Waals surface area contributed by atoms with E-state index in [1.165, 1.54) is 6.08 Å². The van der Waals surface area contributed by atoms with Crippen LogP contribution in [0.5, 0.6) is 0 Å². The predicted octanol–water partition coefficient (Wildman–Crippen LogP) is 6.13. The molecule has 1 unspecified atom stereocenters. The molecule has 37 heavy (non-hydrogen) atoms. The second-order valence-corrected chi connectivity index (χ2v) is 9.19. The second kappa shape index (κ2) is 12.2. The summed E-state index contributed by atoms with van der Waals surface area (Å²) >= 11 is 18.7. The van der Waals surface area contributed by atoms with Crippen molar-refractivity contribution in [1.29, 1.82) is 0 Å². The van der Waals surface area contributed by atoms with Crippen molar-refractivity contribution >= 4 is 52.6 Å². The number of pyridine rings is 1. The number of alkyl halides is 1. The Morgan fingerprint density at radius 2 is 1.81 bits per heavy atom. The van der Waals surface area contributed by atoms with Gasteiger partial charge in [0.2, 0.25) is 0 Å². The number of nitrogens with two attached hydrogens (primary N) is 1. The third-order valence-electron chi connectivity index (χ3n) is 5.73. The van der Waals surface area contributed by atoms with Crippen molar-refractivity contribution in [3.63, 3.8) is 0 Å². The van der Waals surface area contributed by atoms with Crippen LogP contribution in [-0.4, -0.2) is 21.2 Å². The first-order chi connectivity index (χ1) is 17.9. The molecule has 4 rings (SSSR count). The molecular weight excluding hydrogens is 531 g/mol. The monoisotopic (exact) mass is 552 g/mol. The predicted molar refractivity (Wildman–Crippen MR) is 148 cm³/mol. The molecule has 2 aromatic heterocycles. The smallest absolute Gasteiger partial charge is 0.251 e. The summed E-state index contributed by atoms with van der Waals surface area (Å²) in [5.41, 5.74) is 10.1. The summed E-state index contributed by atoms with van der Waals surface area (Å²) in [6, 6.07) is 18.5. The largest absolute Gasteiger partial charge is 0.346 e. The molecular formula is C28H23Cl3N4O2. The third kappa shape index (κ3) is 6.29. The van der Waals surface area contributed by atoms with E-state index in [9.17, 15) is 9.59 Å². The van der Waals surface area contributed by atoms with Gasteiger partial charge in [-0.1, -0.05) is 47.5 Å². The number of ketones is 1. The first kappa shape index (κ1) is 26.6. The van der Waals surface area contributed by atoms with E-state index >= 15 is 0 Å². The molecule has 3 N–H and O–H groups in total. The highest BCUT2D eigenvalue weighted by Crippen LogP contribution is 2.33. The Morgan fingerprint density at radius 3 is 2.51 bits per heavy atom. The molecule has 188 valence electrons. The third-order valence-corrected chi connectivity index (χ3v) is 6.78. The maximum absolute atomic E-state index is 12.9. The zero-order valence-corrected chi connectivity index (χ0v) is 21.8. The van der Waals surface area contributed by atoms with Gasteiger partial charge in [0.15, 0.2) is 5.78 Å². The quantitative estimate of drug-likeness (QED) is 0.193. The van der Waals surface area contributed by atoms with Crippen LogP contribution in [0.1, 0.15) is 38.9 Å². The van der Waals surface area contributed by atoms with Gasteiger partial charge < -0.3 is 15.6 Å². The highest BCUT2D eigenvalue weighted by atomic mass is 35.5. The number of hydrogen-bond donors (Lipinski definition) is 2. The van der Waals surface area contributed by atoms with Crippen LogP contribution < -0.4 is 11.1 Å². The Kier molecular flexibility index (Phi) is 8.79. The first-order valence-corrected chi connectivity index (χ1v) is 12.6. The summed E-state index contributed by atoms with van der Waals surface area (Å²) in [5.74, 6) is -0.349. The zero-order valence-electron chi connectivity index (χ0n) is 19.6. The van der Waals surface area contributed by atoms with E-state index in [0.717, 1.165) is 11.3 Å². The van der Waals surface area contributed by atoms with Gasteiger partial charge in [-0.3, -0.25) is 14.6 Å². The van der Waals surface area contributed by atoms with E-state index in [4.69, 9.17) is 40.5 Å². The number of nitrogens with zero attached hydrogens (tertiary/aromatic N) is 2. The van der Waals surface area contributed by atoms with E-state index in [2.05, 4.69) is 10.3 Å². The van der Waals surface area contributed by atoms with Crippen LogP contribution in [0, 0.1) is 0 Å². The maximum atomic E-state index is 12.9. The van der Waals surface area contributed by atoms with Crippen molar-refractivity contribution in [2.24, 2.45) is 5.73 Å². The van der Waals surface area contributed by atoms with Gasteiger partial charge in [-0.15, -0.1) is 11.6 Å². The molecule has 0 radical (unpaired) electrons. The van der Waals surface area contributed by atoms with Gasteiger partial charge in [0.25, 0.3) is 5.91 Å². The summed E-state index contributed by atoms with van der Waals surface area (Å²) in [4.78, 5) is 29.5. The number of hydrogen-bond acceptors (Lipinski definition) is 4. The van der Waals surface area contributed by atoms with Crippen LogP contribution in [0.25, 0.3) is 11.8 Å². The lowest BCUT2D eigenvalue weighted by Gasteiger charge is -2.16. The normalized spacial score (nSPS) is 12.0. The lowest BCUT2D eigenvalue weighted by Crippen LogP contribution is -2.23. The molecule has 2 aromatic carbocycles. The highest BCUT2D eigenvalue weighted by Gasteiger charge is 2.20. The van der Waals surface area contributed by atoms with Gasteiger partial charge >= 0.3 is 0 Å². The Bertz CT molecular complexity index is 1430. The minimum Gasteiger partial charge on any atom is -0.346 e. The topological polar surface area (TPSA) is 90.0 Å². The number of nitrogens with one attached hydrogen (secondary N) is 1. The van der Waals surface area contributed by atoms with Crippen molar-refractivity contribution < 1.29 is 9.59 Å². The lowest BCUT2D eigenvalue weighted by molar-refractivity contribution is -0.115. The van der Waals surface area contributed by atoms with Crippen molar-refractivity contribution in [2.45, 2.75) is 18.5 Å².